The fourth-order valence-electron chi connectivity index (χ4n) is 3.54. The van der Waals surface area contributed by atoms with Gasteiger partial charge in [-0.1, -0.05) is 12.8 Å². The molecule has 0 aromatic carbocycles. The fraction of sp³-hybridized carbons (Fsp3) is 0.692. The van der Waals surface area contributed by atoms with Gasteiger partial charge in [-0.15, -0.1) is 0 Å². The fourth-order valence-corrected chi connectivity index (χ4v) is 3.54. The van der Waals surface area contributed by atoms with E-state index in [0.717, 1.165) is 25.8 Å². The Bertz CT molecular complexity index is 442. The summed E-state index contributed by atoms with van der Waals surface area (Å²) in [4.78, 5) is 9.70. The monoisotopic (exact) mass is 251 g/mol. The number of hydrogen-bond acceptors (Lipinski definition) is 4. The topological polar surface area (TPSA) is 49.2 Å². The number of nitrogens with zero attached hydrogens (tertiary/aromatic N) is 3. The van der Waals surface area contributed by atoms with Crippen LogP contribution >= 0.6 is 0 Å². The van der Waals surface area contributed by atoms with Crippen molar-refractivity contribution in [1.29, 1.82) is 0 Å². The Hall–Kier alpha value is -1.23. The van der Waals surface area contributed by atoms with Gasteiger partial charge in [0.1, 0.15) is 6.33 Å². The van der Waals surface area contributed by atoms with E-state index in [-0.39, 0.29) is 17.8 Å². The molecular formula is C13H18FN3O. The molecule has 0 spiro atoms. The summed E-state index contributed by atoms with van der Waals surface area (Å²) in [5, 5.41) is 9.73. The van der Waals surface area contributed by atoms with Gasteiger partial charge < -0.3 is 10.0 Å². The highest BCUT2D eigenvalue weighted by Crippen LogP contribution is 2.47. The van der Waals surface area contributed by atoms with E-state index in [1.54, 1.807) is 0 Å². The molecule has 1 N–H and O–H groups in total. The molecule has 0 radical (unpaired) electrons. The first kappa shape index (κ1) is 11.8. The summed E-state index contributed by atoms with van der Waals surface area (Å²) in [7, 11) is 0. The van der Waals surface area contributed by atoms with Crippen LogP contribution in [0.5, 0.6) is 0 Å². The van der Waals surface area contributed by atoms with Crippen molar-refractivity contribution in [3.8, 4) is 0 Å². The van der Waals surface area contributed by atoms with Crippen LogP contribution in [-0.4, -0.2) is 34.8 Å². The van der Waals surface area contributed by atoms with Crippen molar-refractivity contribution in [2.75, 3.05) is 24.6 Å². The van der Waals surface area contributed by atoms with Crippen molar-refractivity contribution < 1.29 is 9.50 Å². The molecule has 1 aromatic rings. The zero-order chi connectivity index (χ0) is 12.6. The minimum absolute atomic E-state index is 0.0460. The third kappa shape index (κ3) is 1.77. The van der Waals surface area contributed by atoms with E-state index in [0.29, 0.717) is 18.3 Å². The summed E-state index contributed by atoms with van der Waals surface area (Å²) >= 11 is 0. The van der Waals surface area contributed by atoms with Crippen LogP contribution in [0.25, 0.3) is 0 Å². The summed E-state index contributed by atoms with van der Waals surface area (Å²) in [5.74, 6) is 0.474. The van der Waals surface area contributed by atoms with Gasteiger partial charge >= 0.3 is 0 Å². The van der Waals surface area contributed by atoms with Gasteiger partial charge in [-0.3, -0.25) is 0 Å². The quantitative estimate of drug-likeness (QED) is 0.867. The van der Waals surface area contributed by atoms with Crippen molar-refractivity contribution in [1.82, 2.24) is 9.97 Å². The maximum atomic E-state index is 13.7. The van der Waals surface area contributed by atoms with E-state index in [9.17, 15) is 9.50 Å². The highest BCUT2D eigenvalue weighted by molar-refractivity contribution is 5.41. The van der Waals surface area contributed by atoms with Crippen LogP contribution in [0.15, 0.2) is 12.5 Å². The zero-order valence-electron chi connectivity index (χ0n) is 10.3. The van der Waals surface area contributed by atoms with Crippen molar-refractivity contribution in [2.45, 2.75) is 25.7 Å². The summed E-state index contributed by atoms with van der Waals surface area (Å²) in [6, 6.07) is 0. The maximum Gasteiger partial charge on any atom is 0.183 e. The molecule has 1 aliphatic heterocycles. The molecule has 5 heteroatoms. The molecule has 2 unspecified atom stereocenters. The molecular weight excluding hydrogens is 233 g/mol. The SMILES string of the molecule is OCC12CCCCC1CN(c1ncncc1F)C2. The first-order valence-corrected chi connectivity index (χ1v) is 6.56. The van der Waals surface area contributed by atoms with E-state index in [1.807, 2.05) is 4.90 Å². The zero-order valence-corrected chi connectivity index (χ0v) is 10.3. The molecule has 1 saturated carbocycles. The Morgan fingerprint density at radius 1 is 1.50 bits per heavy atom. The molecule has 2 aliphatic rings. The molecule has 18 heavy (non-hydrogen) atoms. The second-order valence-corrected chi connectivity index (χ2v) is 5.54. The third-order valence-corrected chi connectivity index (χ3v) is 4.55. The number of aliphatic hydroxyl groups is 1. The van der Waals surface area contributed by atoms with Crippen LogP contribution < -0.4 is 4.90 Å². The number of rotatable bonds is 2. The van der Waals surface area contributed by atoms with Crippen molar-refractivity contribution in [2.24, 2.45) is 11.3 Å². The Kier molecular flexibility index (Phi) is 2.93. The minimum Gasteiger partial charge on any atom is -0.396 e. The predicted octanol–water partition coefficient (Wildman–Crippen LogP) is 1.60. The molecule has 2 atom stereocenters. The summed E-state index contributed by atoms with van der Waals surface area (Å²) in [6.45, 7) is 1.71. The summed E-state index contributed by atoms with van der Waals surface area (Å²) < 4.78 is 13.7. The Labute approximate surface area is 106 Å². The van der Waals surface area contributed by atoms with Gasteiger partial charge in [0.15, 0.2) is 11.6 Å². The van der Waals surface area contributed by atoms with Gasteiger partial charge in [0.2, 0.25) is 0 Å². The highest BCUT2D eigenvalue weighted by Gasteiger charge is 2.47. The van der Waals surface area contributed by atoms with E-state index < -0.39 is 0 Å². The molecule has 4 nitrogen and oxygen atoms in total. The molecule has 0 bridgehead atoms. The molecule has 0 amide bonds. The van der Waals surface area contributed by atoms with Gasteiger partial charge in [0.25, 0.3) is 0 Å². The van der Waals surface area contributed by atoms with E-state index in [2.05, 4.69) is 9.97 Å². The maximum absolute atomic E-state index is 13.7. The van der Waals surface area contributed by atoms with E-state index in [4.69, 9.17) is 0 Å². The van der Waals surface area contributed by atoms with Crippen LogP contribution in [0, 0.1) is 17.2 Å². The first-order chi connectivity index (χ1) is 8.75. The lowest BCUT2D eigenvalue weighted by Gasteiger charge is -2.36. The van der Waals surface area contributed by atoms with E-state index >= 15 is 0 Å². The van der Waals surface area contributed by atoms with Gasteiger partial charge in [-0.25, -0.2) is 14.4 Å². The molecule has 1 aromatic heterocycles. The van der Waals surface area contributed by atoms with Crippen molar-refractivity contribution in [3.63, 3.8) is 0 Å². The molecule has 2 heterocycles. The summed E-state index contributed by atoms with van der Waals surface area (Å²) in [6.07, 6.45) is 7.13. The van der Waals surface area contributed by atoms with E-state index in [1.165, 1.54) is 18.9 Å². The first-order valence-electron chi connectivity index (χ1n) is 6.56. The second kappa shape index (κ2) is 4.46. The lowest BCUT2D eigenvalue weighted by molar-refractivity contribution is 0.0626. The number of aliphatic hydroxyl groups excluding tert-OH is 1. The van der Waals surface area contributed by atoms with Gasteiger partial charge in [-0.2, -0.15) is 0 Å². The molecule has 98 valence electrons. The molecule has 2 fully saturated rings. The number of aromatic nitrogens is 2. The smallest absolute Gasteiger partial charge is 0.183 e. The number of hydrogen-bond donors (Lipinski definition) is 1. The number of halogens is 1. The lowest BCUT2D eigenvalue weighted by atomic mass is 9.69. The minimum atomic E-state index is -0.371. The summed E-state index contributed by atoms with van der Waals surface area (Å²) in [5.41, 5.74) is -0.0460. The molecule has 3 rings (SSSR count). The number of fused-ring (bicyclic) bond motifs is 1. The van der Waals surface area contributed by atoms with Crippen LogP contribution in [0.3, 0.4) is 0 Å². The van der Waals surface area contributed by atoms with Crippen LogP contribution in [0.4, 0.5) is 10.2 Å². The average molecular weight is 251 g/mol. The second-order valence-electron chi connectivity index (χ2n) is 5.54. The Morgan fingerprint density at radius 2 is 2.39 bits per heavy atom. The standard InChI is InChI=1S/C13H18FN3O/c14-11-5-15-9-16-12(11)17-6-10-3-1-2-4-13(10,7-17)8-18/h5,9-10,18H,1-4,6-8H2. The normalized spacial score (nSPS) is 31.4. The predicted molar refractivity (Wildman–Crippen MR) is 65.7 cm³/mol. The highest BCUT2D eigenvalue weighted by atomic mass is 19.1. The van der Waals surface area contributed by atoms with Crippen LogP contribution in [-0.2, 0) is 0 Å². The molecule has 1 aliphatic carbocycles. The van der Waals surface area contributed by atoms with Gasteiger partial charge in [0, 0.05) is 18.5 Å². The third-order valence-electron chi connectivity index (χ3n) is 4.55. The largest absolute Gasteiger partial charge is 0.396 e. The van der Waals surface area contributed by atoms with Crippen molar-refractivity contribution in [3.05, 3.63) is 18.3 Å². The lowest BCUT2D eigenvalue weighted by Crippen LogP contribution is -2.37. The van der Waals surface area contributed by atoms with Crippen LogP contribution in [0.1, 0.15) is 25.7 Å². The average Bonchev–Trinajstić information content (AvgIpc) is 2.79. The Morgan fingerprint density at radius 3 is 3.11 bits per heavy atom. The van der Waals surface area contributed by atoms with Gasteiger partial charge in [-0.05, 0) is 18.8 Å². The van der Waals surface area contributed by atoms with Crippen LogP contribution in [0.2, 0.25) is 0 Å². The van der Waals surface area contributed by atoms with Crippen molar-refractivity contribution >= 4 is 5.82 Å². The molecule has 1 saturated heterocycles. The number of anilines is 1. The van der Waals surface area contributed by atoms with Gasteiger partial charge in [0.05, 0.1) is 12.8 Å². The Balaban J connectivity index is 1.87.